The second-order valence-corrected chi connectivity index (χ2v) is 6.22. The lowest BCUT2D eigenvalue weighted by Crippen LogP contribution is -2.20. The Kier molecular flexibility index (Phi) is 4.15. The maximum atomic E-state index is 11.5. The lowest BCUT2D eigenvalue weighted by molar-refractivity contribution is 0.503. The van der Waals surface area contributed by atoms with E-state index in [4.69, 9.17) is 5.14 Å². The zero-order valence-corrected chi connectivity index (χ0v) is 12.2. The van der Waals surface area contributed by atoms with E-state index >= 15 is 0 Å². The minimum absolute atomic E-state index is 0.0780. The van der Waals surface area contributed by atoms with Gasteiger partial charge in [0.05, 0.1) is 0 Å². The minimum atomic E-state index is -3.86. The van der Waals surface area contributed by atoms with E-state index < -0.39 is 10.0 Å². The highest BCUT2D eigenvalue weighted by Crippen LogP contribution is 2.16. The number of rotatable bonds is 5. The standard InChI is InChI=1S/C12H17N5O2S/c1-9(2)17-11(15-16-12(17)20(13,18)19)4-3-10-5-7-14-8-6-10/h5-9H,3-4H2,1-2H3,(H2,13,18,19). The van der Waals surface area contributed by atoms with Crippen molar-refractivity contribution in [3.05, 3.63) is 35.9 Å². The minimum Gasteiger partial charge on any atom is -0.298 e. The molecule has 0 saturated heterocycles. The first-order valence-electron chi connectivity index (χ1n) is 6.25. The van der Waals surface area contributed by atoms with Crippen LogP contribution in [0.25, 0.3) is 0 Å². The molecule has 0 aliphatic rings. The molecular weight excluding hydrogens is 278 g/mol. The molecule has 0 spiro atoms. The van der Waals surface area contributed by atoms with Gasteiger partial charge in [0.2, 0.25) is 0 Å². The highest BCUT2D eigenvalue weighted by Gasteiger charge is 2.22. The topological polar surface area (TPSA) is 104 Å². The second-order valence-electron chi connectivity index (χ2n) is 4.76. The maximum Gasteiger partial charge on any atom is 0.273 e. The maximum absolute atomic E-state index is 11.5. The Balaban J connectivity index is 2.27. The van der Waals surface area contributed by atoms with Crippen molar-refractivity contribution in [2.75, 3.05) is 0 Å². The molecule has 0 radical (unpaired) electrons. The highest BCUT2D eigenvalue weighted by atomic mass is 32.2. The molecule has 0 bridgehead atoms. The van der Waals surface area contributed by atoms with Gasteiger partial charge in [0.15, 0.2) is 0 Å². The molecule has 0 unspecified atom stereocenters. The average Bonchev–Trinajstić information content (AvgIpc) is 2.81. The molecule has 8 heteroatoms. The average molecular weight is 295 g/mol. The van der Waals surface area contributed by atoms with Crippen molar-refractivity contribution >= 4 is 10.0 Å². The van der Waals surface area contributed by atoms with Crippen molar-refractivity contribution in [3.8, 4) is 0 Å². The van der Waals surface area contributed by atoms with E-state index in [0.29, 0.717) is 12.2 Å². The number of hydrogen-bond donors (Lipinski definition) is 1. The summed E-state index contributed by atoms with van der Waals surface area (Å²) in [5.41, 5.74) is 1.11. The molecule has 2 aromatic heterocycles. The Bertz CT molecular complexity index is 679. The van der Waals surface area contributed by atoms with E-state index in [0.717, 1.165) is 12.0 Å². The zero-order chi connectivity index (χ0) is 14.8. The molecule has 2 rings (SSSR count). The van der Waals surface area contributed by atoms with Gasteiger partial charge in [-0.15, -0.1) is 10.2 Å². The summed E-state index contributed by atoms with van der Waals surface area (Å²) in [6, 6.07) is 3.75. The Labute approximate surface area is 117 Å². The number of pyridine rings is 1. The van der Waals surface area contributed by atoms with Crippen molar-refractivity contribution in [2.45, 2.75) is 37.9 Å². The van der Waals surface area contributed by atoms with Gasteiger partial charge in [-0.1, -0.05) is 0 Å². The third kappa shape index (κ3) is 3.20. The molecule has 0 amide bonds. The first-order chi connectivity index (χ1) is 9.39. The lowest BCUT2D eigenvalue weighted by atomic mass is 10.1. The Morgan fingerprint density at radius 2 is 1.85 bits per heavy atom. The van der Waals surface area contributed by atoms with Crippen molar-refractivity contribution < 1.29 is 8.42 Å². The summed E-state index contributed by atoms with van der Waals surface area (Å²) in [6.07, 6.45) is 4.76. The van der Waals surface area contributed by atoms with Gasteiger partial charge < -0.3 is 0 Å². The predicted octanol–water partition coefficient (Wildman–Crippen LogP) is 0.687. The van der Waals surface area contributed by atoms with Crippen molar-refractivity contribution in [1.29, 1.82) is 0 Å². The smallest absolute Gasteiger partial charge is 0.273 e. The molecule has 0 aliphatic heterocycles. The predicted molar refractivity (Wildman–Crippen MR) is 73.4 cm³/mol. The van der Waals surface area contributed by atoms with Gasteiger partial charge in [-0.05, 0) is 38.0 Å². The van der Waals surface area contributed by atoms with Crippen LogP contribution in [-0.2, 0) is 22.9 Å². The first kappa shape index (κ1) is 14.6. The summed E-state index contributed by atoms with van der Waals surface area (Å²) in [5.74, 6) is 0.612. The van der Waals surface area contributed by atoms with E-state index in [1.54, 1.807) is 17.0 Å². The van der Waals surface area contributed by atoms with Gasteiger partial charge >= 0.3 is 0 Å². The summed E-state index contributed by atoms with van der Waals surface area (Å²) in [6.45, 7) is 3.74. The molecule has 0 aliphatic carbocycles. The van der Waals surface area contributed by atoms with Gasteiger partial charge in [-0.2, -0.15) is 0 Å². The molecule has 2 heterocycles. The van der Waals surface area contributed by atoms with Crippen LogP contribution in [-0.4, -0.2) is 28.2 Å². The fourth-order valence-electron chi connectivity index (χ4n) is 2.00. The van der Waals surface area contributed by atoms with Crippen LogP contribution in [0.2, 0.25) is 0 Å². The van der Waals surface area contributed by atoms with Gasteiger partial charge in [0, 0.05) is 24.9 Å². The number of nitrogens with two attached hydrogens (primary N) is 1. The fraction of sp³-hybridized carbons (Fsp3) is 0.417. The Hall–Kier alpha value is -1.80. The lowest BCUT2D eigenvalue weighted by Gasteiger charge is -2.12. The monoisotopic (exact) mass is 295 g/mol. The molecule has 0 atom stereocenters. The van der Waals surface area contributed by atoms with Gasteiger partial charge in [-0.25, -0.2) is 13.6 Å². The molecular formula is C12H17N5O2S. The summed E-state index contributed by atoms with van der Waals surface area (Å²) in [4.78, 5) is 3.95. The van der Waals surface area contributed by atoms with Crippen molar-refractivity contribution in [1.82, 2.24) is 19.7 Å². The number of aryl methyl sites for hydroxylation is 2. The molecule has 7 nitrogen and oxygen atoms in total. The van der Waals surface area contributed by atoms with E-state index in [2.05, 4.69) is 15.2 Å². The van der Waals surface area contributed by atoms with Gasteiger partial charge in [-0.3, -0.25) is 9.55 Å². The number of sulfonamides is 1. The normalized spacial score (nSPS) is 12.0. The molecule has 0 fully saturated rings. The van der Waals surface area contributed by atoms with Crippen LogP contribution >= 0.6 is 0 Å². The van der Waals surface area contributed by atoms with E-state index in [1.165, 1.54) is 0 Å². The summed E-state index contributed by atoms with van der Waals surface area (Å²) in [5, 5.41) is 12.6. The van der Waals surface area contributed by atoms with Crippen LogP contribution < -0.4 is 5.14 Å². The van der Waals surface area contributed by atoms with Crippen molar-refractivity contribution in [2.24, 2.45) is 5.14 Å². The van der Waals surface area contributed by atoms with E-state index in [1.807, 2.05) is 26.0 Å². The number of aromatic nitrogens is 4. The fourth-order valence-corrected chi connectivity index (χ4v) is 2.74. The summed E-state index contributed by atoms with van der Waals surface area (Å²) >= 11 is 0. The van der Waals surface area contributed by atoms with Gasteiger partial charge in [0.1, 0.15) is 5.82 Å². The van der Waals surface area contributed by atoms with E-state index in [9.17, 15) is 8.42 Å². The van der Waals surface area contributed by atoms with Crippen molar-refractivity contribution in [3.63, 3.8) is 0 Å². The molecule has 0 aromatic carbocycles. The molecule has 2 N–H and O–H groups in total. The first-order valence-corrected chi connectivity index (χ1v) is 7.79. The zero-order valence-electron chi connectivity index (χ0n) is 11.4. The third-order valence-electron chi connectivity index (χ3n) is 2.89. The van der Waals surface area contributed by atoms with Crippen LogP contribution in [0.5, 0.6) is 0 Å². The number of nitrogens with zero attached hydrogens (tertiary/aromatic N) is 4. The number of primary sulfonamides is 1. The Morgan fingerprint density at radius 1 is 1.20 bits per heavy atom. The SMILES string of the molecule is CC(C)n1c(CCc2ccncc2)nnc1S(N)(=O)=O. The highest BCUT2D eigenvalue weighted by molar-refractivity contribution is 7.89. The largest absolute Gasteiger partial charge is 0.298 e. The second kappa shape index (κ2) is 5.68. The van der Waals surface area contributed by atoms with Crippen LogP contribution in [0.3, 0.4) is 0 Å². The summed E-state index contributed by atoms with van der Waals surface area (Å²) < 4.78 is 24.5. The number of hydrogen-bond acceptors (Lipinski definition) is 5. The Morgan fingerprint density at radius 3 is 2.40 bits per heavy atom. The molecule has 108 valence electrons. The van der Waals surface area contributed by atoms with Gasteiger partial charge in [0.25, 0.3) is 15.2 Å². The molecule has 20 heavy (non-hydrogen) atoms. The van der Waals surface area contributed by atoms with Crippen LogP contribution in [0.15, 0.2) is 29.7 Å². The third-order valence-corrected chi connectivity index (χ3v) is 3.68. The van der Waals surface area contributed by atoms with Crippen LogP contribution in [0.4, 0.5) is 0 Å². The molecule has 2 aromatic rings. The van der Waals surface area contributed by atoms with Crippen LogP contribution in [0, 0.1) is 0 Å². The van der Waals surface area contributed by atoms with Crippen LogP contribution in [0.1, 0.15) is 31.3 Å². The quantitative estimate of drug-likeness (QED) is 0.873. The molecule has 0 saturated carbocycles. The summed E-state index contributed by atoms with van der Waals surface area (Å²) in [7, 11) is -3.86. The van der Waals surface area contributed by atoms with E-state index in [-0.39, 0.29) is 11.2 Å².